The molecule has 5 rings (SSSR count). The van der Waals surface area contributed by atoms with Crippen molar-refractivity contribution in [3.8, 4) is 0 Å². The Hall–Kier alpha value is -3.64. The lowest BCUT2D eigenvalue weighted by atomic mass is 10.0. The first-order valence-electron chi connectivity index (χ1n) is 10.4. The van der Waals surface area contributed by atoms with Crippen molar-refractivity contribution < 1.29 is 9.59 Å². The van der Waals surface area contributed by atoms with Crippen molar-refractivity contribution in [1.82, 2.24) is 4.98 Å². The second kappa shape index (κ2) is 8.85. The van der Waals surface area contributed by atoms with Gasteiger partial charge in [0.05, 0.1) is 22.6 Å². The maximum absolute atomic E-state index is 13.1. The van der Waals surface area contributed by atoms with Gasteiger partial charge in [0.2, 0.25) is 11.8 Å². The molecule has 5 nitrogen and oxygen atoms in total. The predicted octanol–water partition coefficient (Wildman–Crippen LogP) is 4.90. The van der Waals surface area contributed by atoms with Crippen molar-refractivity contribution in [2.75, 3.05) is 22.5 Å². The van der Waals surface area contributed by atoms with E-state index in [4.69, 9.17) is 4.98 Å². The number of hydrogen-bond donors (Lipinski definition) is 1. The average molecular weight is 440 g/mol. The summed E-state index contributed by atoms with van der Waals surface area (Å²) in [6.07, 6.45) is 0.740. The van der Waals surface area contributed by atoms with E-state index >= 15 is 0 Å². The van der Waals surface area contributed by atoms with E-state index in [2.05, 4.69) is 29.6 Å². The SMILES string of the molecule is O=C1CN(C(=O)CSc2nc3ccccc3cc2Cc2ccccc2)c2ccccc2N1. The highest BCUT2D eigenvalue weighted by atomic mass is 32.2. The Bertz CT molecular complexity index is 1310. The van der Waals surface area contributed by atoms with E-state index in [9.17, 15) is 9.59 Å². The molecule has 32 heavy (non-hydrogen) atoms. The van der Waals surface area contributed by atoms with Crippen LogP contribution in [0.4, 0.5) is 11.4 Å². The highest BCUT2D eigenvalue weighted by molar-refractivity contribution is 8.00. The number of carbonyl (C=O) groups is 2. The monoisotopic (exact) mass is 439 g/mol. The molecule has 4 aromatic rings. The van der Waals surface area contributed by atoms with Gasteiger partial charge in [-0.3, -0.25) is 9.59 Å². The van der Waals surface area contributed by atoms with Crippen LogP contribution in [0.3, 0.4) is 0 Å². The molecular formula is C26H21N3O2S. The Labute approximate surface area is 190 Å². The molecule has 3 aromatic carbocycles. The minimum Gasteiger partial charge on any atom is -0.323 e. The minimum atomic E-state index is -0.185. The van der Waals surface area contributed by atoms with Crippen molar-refractivity contribution in [1.29, 1.82) is 0 Å². The number of pyridine rings is 1. The quantitative estimate of drug-likeness (QED) is 0.449. The first-order chi connectivity index (χ1) is 15.7. The molecule has 0 radical (unpaired) electrons. The molecule has 1 aromatic heterocycles. The number of amides is 2. The smallest absolute Gasteiger partial charge is 0.244 e. The Balaban J connectivity index is 1.42. The first-order valence-corrected chi connectivity index (χ1v) is 11.4. The summed E-state index contributed by atoms with van der Waals surface area (Å²) >= 11 is 1.42. The van der Waals surface area contributed by atoms with Crippen LogP contribution in [0.25, 0.3) is 10.9 Å². The van der Waals surface area contributed by atoms with Crippen LogP contribution in [0.1, 0.15) is 11.1 Å². The number of rotatable bonds is 5. The number of fused-ring (bicyclic) bond motifs is 2. The number of nitrogens with zero attached hydrogens (tertiary/aromatic N) is 2. The molecule has 1 aliphatic heterocycles. The highest BCUT2D eigenvalue weighted by Gasteiger charge is 2.26. The van der Waals surface area contributed by atoms with Crippen LogP contribution in [0.15, 0.2) is 90.0 Å². The summed E-state index contributed by atoms with van der Waals surface area (Å²) < 4.78 is 0. The van der Waals surface area contributed by atoms with Gasteiger partial charge in [-0.1, -0.05) is 72.4 Å². The summed E-state index contributed by atoms with van der Waals surface area (Å²) in [5.41, 5.74) is 4.58. The van der Waals surface area contributed by atoms with E-state index in [1.165, 1.54) is 17.3 Å². The van der Waals surface area contributed by atoms with E-state index < -0.39 is 0 Å². The molecule has 158 valence electrons. The molecule has 0 saturated carbocycles. The summed E-state index contributed by atoms with van der Waals surface area (Å²) in [5, 5.41) is 4.75. The van der Waals surface area contributed by atoms with Crippen LogP contribution in [-0.2, 0) is 16.0 Å². The van der Waals surface area contributed by atoms with E-state index in [0.717, 1.165) is 33.6 Å². The maximum atomic E-state index is 13.1. The standard InChI is InChI=1S/C26H21N3O2S/c30-24-16-29(23-13-7-6-12-22(23)27-24)25(31)17-32-26-20(14-18-8-2-1-3-9-18)15-19-10-4-5-11-21(19)28-26/h1-13,15H,14,16-17H2,(H,27,30). The van der Waals surface area contributed by atoms with Gasteiger partial charge in [0.1, 0.15) is 11.6 Å². The zero-order valence-corrected chi connectivity index (χ0v) is 18.1. The number of aromatic nitrogens is 1. The largest absolute Gasteiger partial charge is 0.323 e. The topological polar surface area (TPSA) is 62.3 Å². The fraction of sp³-hybridized carbons (Fsp3) is 0.115. The van der Waals surface area contributed by atoms with E-state index in [1.54, 1.807) is 4.90 Å². The van der Waals surface area contributed by atoms with Crippen LogP contribution in [-0.4, -0.2) is 29.1 Å². The van der Waals surface area contributed by atoms with Crippen LogP contribution >= 0.6 is 11.8 Å². The van der Waals surface area contributed by atoms with Crippen LogP contribution in [0.2, 0.25) is 0 Å². The Kier molecular flexibility index (Phi) is 5.60. The molecule has 1 aliphatic rings. The van der Waals surface area contributed by atoms with Gasteiger partial charge in [-0.15, -0.1) is 0 Å². The van der Waals surface area contributed by atoms with Gasteiger partial charge in [-0.25, -0.2) is 4.98 Å². The first kappa shape index (κ1) is 20.3. The molecular weight excluding hydrogens is 418 g/mol. The van der Waals surface area contributed by atoms with Crippen molar-refractivity contribution in [3.05, 3.63) is 96.1 Å². The second-order valence-corrected chi connectivity index (χ2v) is 8.61. The summed E-state index contributed by atoms with van der Waals surface area (Å²) in [6, 6.07) is 27.8. The summed E-state index contributed by atoms with van der Waals surface area (Å²) in [5.74, 6) is -0.0945. The van der Waals surface area contributed by atoms with Gasteiger partial charge in [0, 0.05) is 11.8 Å². The maximum Gasteiger partial charge on any atom is 0.244 e. The normalized spacial score (nSPS) is 13.0. The Morgan fingerprint density at radius 1 is 0.969 bits per heavy atom. The third-order valence-electron chi connectivity index (χ3n) is 5.40. The number of hydrogen-bond acceptors (Lipinski definition) is 4. The fourth-order valence-electron chi connectivity index (χ4n) is 3.87. The fourth-order valence-corrected chi connectivity index (χ4v) is 4.77. The lowest BCUT2D eigenvalue weighted by Crippen LogP contribution is -2.43. The van der Waals surface area contributed by atoms with Crippen LogP contribution in [0.5, 0.6) is 0 Å². The molecule has 0 atom stereocenters. The molecule has 0 aliphatic carbocycles. The van der Waals surface area contributed by atoms with E-state index in [1.807, 2.05) is 60.7 Å². The molecule has 6 heteroatoms. The third kappa shape index (κ3) is 4.22. The van der Waals surface area contributed by atoms with Crippen molar-refractivity contribution >= 4 is 45.9 Å². The lowest BCUT2D eigenvalue weighted by Gasteiger charge is -2.29. The van der Waals surface area contributed by atoms with Gasteiger partial charge in [0.15, 0.2) is 0 Å². The van der Waals surface area contributed by atoms with Gasteiger partial charge < -0.3 is 10.2 Å². The predicted molar refractivity (Wildman–Crippen MR) is 129 cm³/mol. The number of para-hydroxylation sites is 3. The Morgan fingerprint density at radius 3 is 2.59 bits per heavy atom. The molecule has 0 saturated heterocycles. The van der Waals surface area contributed by atoms with Gasteiger partial charge in [-0.05, 0) is 35.4 Å². The minimum absolute atomic E-state index is 0.0262. The molecule has 2 amide bonds. The van der Waals surface area contributed by atoms with Crippen molar-refractivity contribution in [2.45, 2.75) is 11.4 Å². The zero-order valence-electron chi connectivity index (χ0n) is 17.3. The molecule has 2 heterocycles. The summed E-state index contributed by atoms with van der Waals surface area (Å²) in [6.45, 7) is 0.0262. The van der Waals surface area contributed by atoms with Crippen molar-refractivity contribution in [3.63, 3.8) is 0 Å². The van der Waals surface area contributed by atoms with Gasteiger partial charge in [-0.2, -0.15) is 0 Å². The van der Waals surface area contributed by atoms with Crippen molar-refractivity contribution in [2.24, 2.45) is 0 Å². The van der Waals surface area contributed by atoms with E-state index in [-0.39, 0.29) is 24.1 Å². The number of anilines is 2. The van der Waals surface area contributed by atoms with Gasteiger partial charge in [0.25, 0.3) is 0 Å². The lowest BCUT2D eigenvalue weighted by molar-refractivity contribution is -0.120. The van der Waals surface area contributed by atoms with Crippen LogP contribution < -0.4 is 10.2 Å². The van der Waals surface area contributed by atoms with Gasteiger partial charge >= 0.3 is 0 Å². The Morgan fingerprint density at radius 2 is 1.72 bits per heavy atom. The third-order valence-corrected chi connectivity index (χ3v) is 6.42. The zero-order chi connectivity index (χ0) is 21.9. The molecule has 0 bridgehead atoms. The summed E-state index contributed by atoms with van der Waals surface area (Å²) in [7, 11) is 0. The molecule has 1 N–H and O–H groups in total. The number of carbonyl (C=O) groups excluding carboxylic acids is 2. The second-order valence-electron chi connectivity index (χ2n) is 7.64. The molecule has 0 unspecified atom stereocenters. The van der Waals surface area contributed by atoms with E-state index in [0.29, 0.717) is 5.69 Å². The highest BCUT2D eigenvalue weighted by Crippen LogP contribution is 2.31. The molecule has 0 fully saturated rings. The average Bonchev–Trinajstić information content (AvgIpc) is 2.82. The summed E-state index contributed by atoms with van der Waals surface area (Å²) in [4.78, 5) is 31.6. The number of nitrogens with one attached hydrogen (secondary N) is 1. The number of benzene rings is 3. The molecule has 0 spiro atoms. The van der Waals surface area contributed by atoms with Crippen LogP contribution in [0, 0.1) is 0 Å². The number of thioether (sulfide) groups is 1.